The predicted octanol–water partition coefficient (Wildman–Crippen LogP) is 1.12. The standard InChI is InChI=1S/C17H19N5O2/c23-17-20-15-11-14(13-1-3-18-4-2-13)12-19-16(15)22(17)6-5-21-7-9-24-10-8-21/h1-4,11-12H,5-10H2,(H,20,23). The smallest absolute Gasteiger partial charge is 0.327 e. The van der Waals surface area contributed by atoms with Gasteiger partial charge in [0.15, 0.2) is 5.65 Å². The summed E-state index contributed by atoms with van der Waals surface area (Å²) in [5.41, 5.74) is 3.34. The fraction of sp³-hybridized carbons (Fsp3) is 0.353. The molecule has 1 fully saturated rings. The van der Waals surface area contributed by atoms with Crippen LogP contribution < -0.4 is 5.69 Å². The maximum absolute atomic E-state index is 12.3. The molecular formula is C17H19N5O2. The normalized spacial score (nSPS) is 15.8. The molecule has 3 aromatic rings. The molecule has 0 aliphatic carbocycles. The second kappa shape index (κ2) is 6.54. The van der Waals surface area contributed by atoms with Gasteiger partial charge in [-0.05, 0) is 23.8 Å². The van der Waals surface area contributed by atoms with Crippen LogP contribution >= 0.6 is 0 Å². The third-order valence-electron chi connectivity index (χ3n) is 4.37. The Labute approximate surface area is 138 Å². The van der Waals surface area contributed by atoms with Gasteiger partial charge >= 0.3 is 5.69 Å². The summed E-state index contributed by atoms with van der Waals surface area (Å²) in [6, 6.07) is 5.82. The number of H-pyrrole nitrogens is 1. The van der Waals surface area contributed by atoms with E-state index < -0.39 is 0 Å². The van der Waals surface area contributed by atoms with Crippen LogP contribution in [0.25, 0.3) is 22.3 Å². The Bertz CT molecular complexity index is 881. The van der Waals surface area contributed by atoms with Crippen molar-refractivity contribution in [2.45, 2.75) is 6.54 Å². The first-order valence-electron chi connectivity index (χ1n) is 8.10. The van der Waals surface area contributed by atoms with Crippen molar-refractivity contribution < 1.29 is 4.74 Å². The Kier molecular flexibility index (Phi) is 4.10. The van der Waals surface area contributed by atoms with E-state index in [4.69, 9.17) is 4.74 Å². The fourth-order valence-electron chi connectivity index (χ4n) is 3.02. The summed E-state index contributed by atoms with van der Waals surface area (Å²) >= 11 is 0. The minimum atomic E-state index is -0.113. The van der Waals surface area contributed by atoms with Crippen molar-refractivity contribution >= 4 is 11.2 Å². The van der Waals surface area contributed by atoms with Gasteiger partial charge in [0.25, 0.3) is 0 Å². The number of ether oxygens (including phenoxy) is 1. The van der Waals surface area contributed by atoms with E-state index in [0.29, 0.717) is 12.2 Å². The number of nitrogens with one attached hydrogen (secondary N) is 1. The lowest BCUT2D eigenvalue weighted by Crippen LogP contribution is -2.39. The number of hydrogen-bond acceptors (Lipinski definition) is 5. The van der Waals surface area contributed by atoms with Crippen molar-refractivity contribution in [3.8, 4) is 11.1 Å². The van der Waals surface area contributed by atoms with Crippen LogP contribution in [0.4, 0.5) is 0 Å². The van der Waals surface area contributed by atoms with E-state index in [0.717, 1.165) is 49.5 Å². The summed E-state index contributed by atoms with van der Waals surface area (Å²) in [5, 5.41) is 0. The third kappa shape index (κ3) is 2.95. The van der Waals surface area contributed by atoms with Crippen molar-refractivity contribution in [3.05, 3.63) is 47.3 Å². The van der Waals surface area contributed by atoms with Crippen LogP contribution in [0.5, 0.6) is 0 Å². The molecule has 4 heterocycles. The topological polar surface area (TPSA) is 76.0 Å². The van der Waals surface area contributed by atoms with Crippen molar-refractivity contribution in [3.63, 3.8) is 0 Å². The molecule has 0 aromatic carbocycles. The van der Waals surface area contributed by atoms with E-state index >= 15 is 0 Å². The highest BCUT2D eigenvalue weighted by atomic mass is 16.5. The molecular weight excluding hydrogens is 306 g/mol. The average Bonchev–Trinajstić information content (AvgIpc) is 2.96. The molecule has 4 rings (SSSR count). The van der Waals surface area contributed by atoms with Gasteiger partial charge in [0, 0.05) is 50.3 Å². The Morgan fingerprint density at radius 3 is 2.71 bits per heavy atom. The van der Waals surface area contributed by atoms with Gasteiger partial charge in [0.1, 0.15) is 0 Å². The SMILES string of the molecule is O=c1[nH]c2cc(-c3ccncc3)cnc2n1CCN1CCOCC1. The number of aromatic nitrogens is 4. The predicted molar refractivity (Wildman–Crippen MR) is 90.8 cm³/mol. The van der Waals surface area contributed by atoms with Gasteiger partial charge in [-0.3, -0.25) is 14.5 Å². The molecule has 0 spiro atoms. The van der Waals surface area contributed by atoms with Gasteiger partial charge in [-0.25, -0.2) is 9.78 Å². The van der Waals surface area contributed by atoms with Crippen LogP contribution in [0, 0.1) is 0 Å². The van der Waals surface area contributed by atoms with Crippen molar-refractivity contribution in [1.82, 2.24) is 24.4 Å². The molecule has 3 aromatic heterocycles. The van der Waals surface area contributed by atoms with Crippen molar-refractivity contribution in [2.75, 3.05) is 32.8 Å². The van der Waals surface area contributed by atoms with Crippen LogP contribution in [0.15, 0.2) is 41.6 Å². The lowest BCUT2D eigenvalue weighted by molar-refractivity contribution is 0.0364. The van der Waals surface area contributed by atoms with Crippen LogP contribution in [-0.4, -0.2) is 57.3 Å². The van der Waals surface area contributed by atoms with Gasteiger partial charge in [0.2, 0.25) is 0 Å². The molecule has 1 aliphatic heterocycles. The fourth-order valence-corrected chi connectivity index (χ4v) is 3.02. The van der Waals surface area contributed by atoms with Gasteiger partial charge < -0.3 is 9.72 Å². The maximum Gasteiger partial charge on any atom is 0.327 e. The van der Waals surface area contributed by atoms with Crippen molar-refractivity contribution in [2.24, 2.45) is 0 Å². The van der Waals surface area contributed by atoms with Gasteiger partial charge in [-0.15, -0.1) is 0 Å². The molecule has 1 aliphatic rings. The molecule has 124 valence electrons. The van der Waals surface area contributed by atoms with E-state index in [-0.39, 0.29) is 5.69 Å². The molecule has 0 unspecified atom stereocenters. The molecule has 1 saturated heterocycles. The zero-order valence-electron chi connectivity index (χ0n) is 13.3. The van der Waals surface area contributed by atoms with Crippen LogP contribution in [0.1, 0.15) is 0 Å². The Hall–Kier alpha value is -2.51. The van der Waals surface area contributed by atoms with E-state index in [9.17, 15) is 4.79 Å². The number of fused-ring (bicyclic) bond motifs is 1. The van der Waals surface area contributed by atoms with Crippen LogP contribution in [0.2, 0.25) is 0 Å². The number of morpholine rings is 1. The van der Waals surface area contributed by atoms with Crippen molar-refractivity contribution in [1.29, 1.82) is 0 Å². The van der Waals surface area contributed by atoms with E-state index in [2.05, 4.69) is 19.9 Å². The van der Waals surface area contributed by atoms with Gasteiger partial charge in [-0.1, -0.05) is 0 Å². The summed E-state index contributed by atoms with van der Waals surface area (Å²) in [6.07, 6.45) is 5.29. The molecule has 0 saturated carbocycles. The molecule has 0 bridgehead atoms. The number of hydrogen-bond donors (Lipinski definition) is 1. The molecule has 0 atom stereocenters. The summed E-state index contributed by atoms with van der Waals surface area (Å²) in [4.78, 5) is 26.0. The number of imidazole rings is 1. The van der Waals surface area contributed by atoms with E-state index in [1.807, 2.05) is 18.2 Å². The van der Waals surface area contributed by atoms with Gasteiger partial charge in [-0.2, -0.15) is 0 Å². The highest BCUT2D eigenvalue weighted by molar-refractivity contribution is 5.77. The monoisotopic (exact) mass is 325 g/mol. The minimum Gasteiger partial charge on any atom is -0.379 e. The Balaban J connectivity index is 1.60. The maximum atomic E-state index is 12.3. The largest absolute Gasteiger partial charge is 0.379 e. The average molecular weight is 325 g/mol. The van der Waals surface area contributed by atoms with E-state index in [1.165, 1.54) is 0 Å². The quantitative estimate of drug-likeness (QED) is 0.778. The second-order valence-electron chi connectivity index (χ2n) is 5.87. The molecule has 0 radical (unpaired) electrons. The molecule has 24 heavy (non-hydrogen) atoms. The lowest BCUT2D eigenvalue weighted by atomic mass is 10.1. The molecule has 7 heteroatoms. The first kappa shape index (κ1) is 15.0. The number of rotatable bonds is 4. The summed E-state index contributed by atoms with van der Waals surface area (Å²) in [7, 11) is 0. The van der Waals surface area contributed by atoms with E-state index in [1.54, 1.807) is 23.2 Å². The third-order valence-corrected chi connectivity index (χ3v) is 4.37. The minimum absolute atomic E-state index is 0.113. The van der Waals surface area contributed by atoms with Crippen LogP contribution in [0.3, 0.4) is 0 Å². The highest BCUT2D eigenvalue weighted by Crippen LogP contribution is 2.20. The first-order valence-corrected chi connectivity index (χ1v) is 8.10. The summed E-state index contributed by atoms with van der Waals surface area (Å²) in [5.74, 6) is 0. The molecule has 1 N–H and O–H groups in total. The summed E-state index contributed by atoms with van der Waals surface area (Å²) < 4.78 is 7.06. The summed E-state index contributed by atoms with van der Waals surface area (Å²) in [6.45, 7) is 4.80. The lowest BCUT2D eigenvalue weighted by Gasteiger charge is -2.26. The zero-order valence-corrected chi connectivity index (χ0v) is 13.3. The highest BCUT2D eigenvalue weighted by Gasteiger charge is 2.13. The zero-order chi connectivity index (χ0) is 16.4. The molecule has 7 nitrogen and oxygen atoms in total. The number of aromatic amines is 1. The first-order chi connectivity index (χ1) is 11.8. The van der Waals surface area contributed by atoms with Crippen LogP contribution in [-0.2, 0) is 11.3 Å². The second-order valence-corrected chi connectivity index (χ2v) is 5.87. The Morgan fingerprint density at radius 1 is 1.12 bits per heavy atom. The van der Waals surface area contributed by atoms with Gasteiger partial charge in [0.05, 0.1) is 18.7 Å². The number of pyridine rings is 2. The molecule has 0 amide bonds. The Morgan fingerprint density at radius 2 is 1.92 bits per heavy atom. The number of nitrogens with zero attached hydrogens (tertiary/aromatic N) is 4.